The summed E-state index contributed by atoms with van der Waals surface area (Å²) in [6.45, 7) is 6.04. The standard InChI is InChI=1S/C15H23N7/c1-2-5-16-15-17-7-12(8-18-15)9-22-6-3-4-13(10-22)14-19-11-20-21-14/h7-8,11,13H,2-6,9-10H2,1H3,(H,16,17,18)(H,19,20,21). The van der Waals surface area contributed by atoms with Crippen molar-refractivity contribution in [1.82, 2.24) is 30.0 Å². The van der Waals surface area contributed by atoms with Crippen molar-refractivity contribution in [2.45, 2.75) is 38.6 Å². The summed E-state index contributed by atoms with van der Waals surface area (Å²) in [6.07, 6.45) is 8.85. The molecule has 1 unspecified atom stereocenters. The van der Waals surface area contributed by atoms with E-state index in [0.717, 1.165) is 44.0 Å². The van der Waals surface area contributed by atoms with Gasteiger partial charge in [0.05, 0.1) is 0 Å². The van der Waals surface area contributed by atoms with Gasteiger partial charge in [-0.2, -0.15) is 5.10 Å². The molecule has 2 aromatic heterocycles. The van der Waals surface area contributed by atoms with Crippen LogP contribution >= 0.6 is 0 Å². The van der Waals surface area contributed by atoms with Crippen LogP contribution in [0.2, 0.25) is 0 Å². The van der Waals surface area contributed by atoms with Gasteiger partial charge in [0.1, 0.15) is 12.2 Å². The molecule has 2 N–H and O–H groups in total. The molecule has 3 heterocycles. The SMILES string of the molecule is CCCNc1ncc(CN2CCCC(c3ncn[nH]3)C2)cn1. The molecule has 0 radical (unpaired) electrons. The quantitative estimate of drug-likeness (QED) is 0.846. The third-order valence-corrected chi connectivity index (χ3v) is 3.97. The summed E-state index contributed by atoms with van der Waals surface area (Å²) < 4.78 is 0. The van der Waals surface area contributed by atoms with Gasteiger partial charge in [0.15, 0.2) is 0 Å². The molecule has 1 aliphatic heterocycles. The number of H-pyrrole nitrogens is 1. The van der Waals surface area contributed by atoms with Crippen molar-refractivity contribution in [3.8, 4) is 0 Å². The normalized spacial score (nSPS) is 19.2. The van der Waals surface area contributed by atoms with Gasteiger partial charge in [-0.3, -0.25) is 10.00 Å². The van der Waals surface area contributed by atoms with Crippen molar-refractivity contribution in [2.75, 3.05) is 25.0 Å². The fourth-order valence-electron chi connectivity index (χ4n) is 2.86. The Bertz CT molecular complexity index is 552. The first-order valence-electron chi connectivity index (χ1n) is 7.97. The van der Waals surface area contributed by atoms with Crippen molar-refractivity contribution in [3.05, 3.63) is 30.1 Å². The summed E-state index contributed by atoms with van der Waals surface area (Å²) in [5, 5.41) is 10.2. The fraction of sp³-hybridized carbons (Fsp3) is 0.600. The Balaban J connectivity index is 1.56. The van der Waals surface area contributed by atoms with Gasteiger partial charge in [-0.25, -0.2) is 15.0 Å². The third kappa shape index (κ3) is 3.79. The molecule has 2 aromatic rings. The summed E-state index contributed by atoms with van der Waals surface area (Å²) in [6, 6.07) is 0. The van der Waals surface area contributed by atoms with Crippen LogP contribution in [0, 0.1) is 0 Å². The molecule has 0 spiro atoms. The summed E-state index contributed by atoms with van der Waals surface area (Å²) >= 11 is 0. The van der Waals surface area contributed by atoms with Crippen LogP contribution in [0.15, 0.2) is 18.7 Å². The van der Waals surface area contributed by atoms with E-state index in [9.17, 15) is 0 Å². The second-order valence-corrected chi connectivity index (χ2v) is 5.79. The lowest BCUT2D eigenvalue weighted by molar-refractivity contribution is 0.196. The first kappa shape index (κ1) is 14.9. The molecular weight excluding hydrogens is 278 g/mol. The maximum absolute atomic E-state index is 4.37. The predicted molar refractivity (Wildman–Crippen MR) is 84.4 cm³/mol. The van der Waals surface area contributed by atoms with E-state index in [-0.39, 0.29) is 0 Å². The zero-order chi connectivity index (χ0) is 15.2. The highest BCUT2D eigenvalue weighted by molar-refractivity contribution is 5.24. The van der Waals surface area contributed by atoms with Crippen LogP contribution in [-0.4, -0.2) is 49.7 Å². The first-order chi connectivity index (χ1) is 10.8. The number of hydrogen-bond donors (Lipinski definition) is 2. The largest absolute Gasteiger partial charge is 0.354 e. The van der Waals surface area contributed by atoms with Crippen LogP contribution in [-0.2, 0) is 6.54 Å². The van der Waals surface area contributed by atoms with Gasteiger partial charge >= 0.3 is 0 Å². The molecule has 0 bridgehead atoms. The first-order valence-corrected chi connectivity index (χ1v) is 7.97. The van der Waals surface area contributed by atoms with Crippen LogP contribution < -0.4 is 5.32 Å². The Morgan fingerprint density at radius 3 is 2.91 bits per heavy atom. The molecule has 0 aromatic carbocycles. The molecule has 1 fully saturated rings. The summed E-state index contributed by atoms with van der Waals surface area (Å²) in [4.78, 5) is 15.5. The van der Waals surface area contributed by atoms with Crippen LogP contribution in [0.1, 0.15) is 43.5 Å². The minimum absolute atomic E-state index is 0.447. The topological polar surface area (TPSA) is 82.6 Å². The van der Waals surface area contributed by atoms with Crippen LogP contribution in [0.25, 0.3) is 0 Å². The molecule has 0 saturated carbocycles. The van der Waals surface area contributed by atoms with Crippen LogP contribution in [0.4, 0.5) is 5.95 Å². The number of anilines is 1. The highest BCUT2D eigenvalue weighted by atomic mass is 15.2. The molecule has 3 rings (SSSR count). The van der Waals surface area contributed by atoms with Gasteiger partial charge in [-0.15, -0.1) is 0 Å². The van der Waals surface area contributed by atoms with E-state index in [2.05, 4.69) is 42.3 Å². The van der Waals surface area contributed by atoms with Crippen molar-refractivity contribution in [1.29, 1.82) is 0 Å². The number of likely N-dealkylation sites (tertiary alicyclic amines) is 1. The Morgan fingerprint density at radius 2 is 2.18 bits per heavy atom. The maximum Gasteiger partial charge on any atom is 0.222 e. The van der Waals surface area contributed by atoms with E-state index in [1.165, 1.54) is 12.8 Å². The Hall–Kier alpha value is -2.02. The minimum atomic E-state index is 0.447. The highest BCUT2D eigenvalue weighted by Crippen LogP contribution is 2.24. The molecule has 0 amide bonds. The van der Waals surface area contributed by atoms with Gasteiger partial charge in [0.2, 0.25) is 5.95 Å². The van der Waals surface area contributed by atoms with Crippen molar-refractivity contribution >= 4 is 5.95 Å². The minimum Gasteiger partial charge on any atom is -0.354 e. The number of hydrogen-bond acceptors (Lipinski definition) is 6. The van der Waals surface area contributed by atoms with E-state index in [4.69, 9.17) is 0 Å². The zero-order valence-electron chi connectivity index (χ0n) is 13.0. The molecular formula is C15H23N7. The molecule has 118 valence electrons. The van der Waals surface area contributed by atoms with Gasteiger partial charge in [-0.05, 0) is 25.8 Å². The maximum atomic E-state index is 4.37. The third-order valence-electron chi connectivity index (χ3n) is 3.97. The zero-order valence-corrected chi connectivity index (χ0v) is 13.0. The predicted octanol–water partition coefficient (Wildman–Crippen LogP) is 1.80. The second kappa shape index (κ2) is 7.31. The van der Waals surface area contributed by atoms with Gasteiger partial charge in [-0.1, -0.05) is 6.92 Å². The molecule has 22 heavy (non-hydrogen) atoms. The Kier molecular flexibility index (Phi) is 4.95. The number of nitrogens with zero attached hydrogens (tertiary/aromatic N) is 5. The average molecular weight is 301 g/mol. The highest BCUT2D eigenvalue weighted by Gasteiger charge is 2.23. The van der Waals surface area contributed by atoms with Gasteiger partial charge in [0.25, 0.3) is 0 Å². The van der Waals surface area contributed by atoms with E-state index >= 15 is 0 Å². The number of aromatic amines is 1. The lowest BCUT2D eigenvalue weighted by Gasteiger charge is -2.31. The molecule has 0 aliphatic carbocycles. The van der Waals surface area contributed by atoms with E-state index in [1.54, 1.807) is 6.33 Å². The number of rotatable bonds is 6. The van der Waals surface area contributed by atoms with Crippen molar-refractivity contribution in [3.63, 3.8) is 0 Å². The lowest BCUT2D eigenvalue weighted by atomic mass is 9.97. The van der Waals surface area contributed by atoms with E-state index < -0.39 is 0 Å². The number of nitrogens with one attached hydrogen (secondary N) is 2. The summed E-state index contributed by atoms with van der Waals surface area (Å²) in [5.41, 5.74) is 1.15. The van der Waals surface area contributed by atoms with Gasteiger partial charge in [0, 0.05) is 43.5 Å². The molecule has 1 saturated heterocycles. The molecule has 1 aliphatic rings. The van der Waals surface area contributed by atoms with Crippen molar-refractivity contribution < 1.29 is 0 Å². The second-order valence-electron chi connectivity index (χ2n) is 5.79. The summed E-state index contributed by atoms with van der Waals surface area (Å²) in [5.74, 6) is 2.16. The van der Waals surface area contributed by atoms with Gasteiger partial charge < -0.3 is 5.32 Å². The molecule has 7 nitrogen and oxygen atoms in total. The monoisotopic (exact) mass is 301 g/mol. The van der Waals surface area contributed by atoms with Crippen molar-refractivity contribution in [2.24, 2.45) is 0 Å². The van der Waals surface area contributed by atoms with E-state index in [0.29, 0.717) is 11.9 Å². The summed E-state index contributed by atoms with van der Waals surface area (Å²) in [7, 11) is 0. The Morgan fingerprint density at radius 1 is 1.32 bits per heavy atom. The molecule has 1 atom stereocenters. The fourth-order valence-corrected chi connectivity index (χ4v) is 2.86. The average Bonchev–Trinajstić information content (AvgIpc) is 3.09. The van der Waals surface area contributed by atoms with Crippen LogP contribution in [0.3, 0.4) is 0 Å². The number of aromatic nitrogens is 5. The lowest BCUT2D eigenvalue weighted by Crippen LogP contribution is -2.34. The van der Waals surface area contributed by atoms with E-state index in [1.807, 2.05) is 12.4 Å². The number of piperidine rings is 1. The Labute approximate surface area is 130 Å². The smallest absolute Gasteiger partial charge is 0.222 e. The molecule has 7 heteroatoms. The van der Waals surface area contributed by atoms with Crippen LogP contribution in [0.5, 0.6) is 0 Å².